The normalized spacial score (nSPS) is 14.5. The fourth-order valence-electron chi connectivity index (χ4n) is 3.67. The van der Waals surface area contributed by atoms with Gasteiger partial charge in [0.1, 0.15) is 24.5 Å². The molecule has 2 heterocycles. The summed E-state index contributed by atoms with van der Waals surface area (Å²) >= 11 is 0. The molecule has 4 N–H and O–H groups in total. The van der Waals surface area contributed by atoms with Crippen molar-refractivity contribution in [3.05, 3.63) is 53.3 Å². The first-order valence-electron chi connectivity index (χ1n) is 11.4. The first kappa shape index (κ1) is 27.6. The second kappa shape index (κ2) is 12.3. The molecule has 2 aromatic rings. The molecule has 0 atom stereocenters. The second-order valence-corrected chi connectivity index (χ2v) is 8.33. The fraction of sp³-hybridized carbons (Fsp3) is 0.375. The number of hydrogen-bond acceptors (Lipinski definition) is 7. The Morgan fingerprint density at radius 1 is 1.22 bits per heavy atom. The van der Waals surface area contributed by atoms with Gasteiger partial charge >= 0.3 is 6.18 Å². The van der Waals surface area contributed by atoms with Crippen LogP contribution in [0.3, 0.4) is 0 Å². The number of aromatic nitrogens is 1. The van der Waals surface area contributed by atoms with Gasteiger partial charge in [-0.1, -0.05) is 6.07 Å². The van der Waals surface area contributed by atoms with Crippen LogP contribution in [-0.2, 0) is 20.5 Å². The van der Waals surface area contributed by atoms with E-state index in [9.17, 15) is 27.6 Å². The van der Waals surface area contributed by atoms with Gasteiger partial charge in [0.2, 0.25) is 11.8 Å². The largest absolute Gasteiger partial charge is 0.433 e. The van der Waals surface area contributed by atoms with Gasteiger partial charge < -0.3 is 26.0 Å². The number of nitrogens with two attached hydrogens (primary N) is 1. The van der Waals surface area contributed by atoms with Gasteiger partial charge in [-0.2, -0.15) is 13.2 Å². The zero-order valence-electron chi connectivity index (χ0n) is 20.0. The monoisotopic (exact) mass is 520 g/mol. The summed E-state index contributed by atoms with van der Waals surface area (Å²) in [6, 6.07) is 7.51. The number of nitrogens with zero attached hydrogens (tertiary/aromatic N) is 3. The standard InChI is InChI=1S/C24H27F3N6O4/c1-37-14-21(34)30-16-7-9-33(10-8-16)22(35)13-29-12-15-11-17(5-6-18(15)28)31-23(36)19-3-2-4-20(32-19)24(25,26)27/h2-6,11-12,16H,7-10,13-14,28H2,1H3,(H,30,34)(H,31,36). The van der Waals surface area contributed by atoms with Crippen molar-refractivity contribution in [1.82, 2.24) is 15.2 Å². The molecule has 3 amide bonds. The minimum absolute atomic E-state index is 0.00992. The van der Waals surface area contributed by atoms with E-state index in [0.717, 1.165) is 12.1 Å². The summed E-state index contributed by atoms with van der Waals surface area (Å²) in [4.78, 5) is 45.7. The minimum atomic E-state index is -4.67. The van der Waals surface area contributed by atoms with Crippen molar-refractivity contribution in [2.45, 2.75) is 25.1 Å². The SMILES string of the molecule is COCC(=O)NC1CCN(C(=O)CN=Cc2cc(NC(=O)c3cccc(C(F)(F)F)n3)ccc2N)CC1. The maximum absolute atomic E-state index is 12.9. The van der Waals surface area contributed by atoms with E-state index >= 15 is 0 Å². The number of rotatable bonds is 8. The van der Waals surface area contributed by atoms with Gasteiger partial charge in [0.05, 0.1) is 0 Å². The summed E-state index contributed by atoms with van der Waals surface area (Å²) in [5.74, 6) is -1.20. The minimum Gasteiger partial charge on any atom is -0.398 e. The van der Waals surface area contributed by atoms with Crippen molar-refractivity contribution >= 4 is 35.3 Å². The summed E-state index contributed by atoms with van der Waals surface area (Å²) in [5, 5.41) is 5.34. The van der Waals surface area contributed by atoms with Crippen LogP contribution in [0.4, 0.5) is 24.5 Å². The number of pyridine rings is 1. The van der Waals surface area contributed by atoms with Crippen molar-refractivity contribution in [2.24, 2.45) is 4.99 Å². The Hall–Kier alpha value is -4.00. The molecule has 198 valence electrons. The number of likely N-dealkylation sites (tertiary alicyclic amines) is 1. The van der Waals surface area contributed by atoms with Crippen LogP contribution in [0, 0.1) is 0 Å². The lowest BCUT2D eigenvalue weighted by atomic mass is 10.0. The molecule has 1 fully saturated rings. The van der Waals surface area contributed by atoms with Crippen molar-refractivity contribution in [3.63, 3.8) is 0 Å². The zero-order valence-corrected chi connectivity index (χ0v) is 20.0. The van der Waals surface area contributed by atoms with Crippen molar-refractivity contribution in [3.8, 4) is 0 Å². The number of aliphatic imine (C=N–C) groups is 1. The number of nitrogens with one attached hydrogen (secondary N) is 2. The molecular formula is C24H27F3N6O4. The van der Waals surface area contributed by atoms with E-state index < -0.39 is 23.5 Å². The molecule has 0 aliphatic carbocycles. The number of hydrogen-bond donors (Lipinski definition) is 3. The Morgan fingerprint density at radius 3 is 2.62 bits per heavy atom. The molecule has 1 saturated heterocycles. The molecule has 1 aliphatic rings. The van der Waals surface area contributed by atoms with Crippen LogP contribution in [0.15, 0.2) is 41.4 Å². The highest BCUT2D eigenvalue weighted by atomic mass is 19.4. The number of methoxy groups -OCH3 is 1. The molecule has 1 aliphatic heterocycles. The Kier molecular flexibility index (Phi) is 9.17. The summed E-state index contributed by atoms with van der Waals surface area (Å²) in [5.41, 5.74) is 5.41. The van der Waals surface area contributed by atoms with E-state index in [4.69, 9.17) is 10.5 Å². The fourth-order valence-corrected chi connectivity index (χ4v) is 3.67. The quantitative estimate of drug-likeness (QED) is 0.360. The van der Waals surface area contributed by atoms with Crippen molar-refractivity contribution in [2.75, 3.05) is 44.4 Å². The molecule has 37 heavy (non-hydrogen) atoms. The summed E-state index contributed by atoms with van der Waals surface area (Å²) in [6.45, 7) is 0.841. The third-order valence-corrected chi connectivity index (χ3v) is 5.56. The molecule has 13 heteroatoms. The third kappa shape index (κ3) is 8.00. The molecule has 3 rings (SSSR count). The molecule has 0 spiro atoms. The van der Waals surface area contributed by atoms with Crippen LogP contribution in [0.25, 0.3) is 0 Å². The van der Waals surface area contributed by atoms with Crippen LogP contribution in [0.1, 0.15) is 34.6 Å². The highest BCUT2D eigenvalue weighted by molar-refractivity contribution is 6.03. The van der Waals surface area contributed by atoms with Crippen LogP contribution in [0.2, 0.25) is 0 Å². The first-order valence-corrected chi connectivity index (χ1v) is 11.4. The zero-order chi connectivity index (χ0) is 27.0. The molecule has 0 unspecified atom stereocenters. The number of carbonyl (C=O) groups excluding carboxylic acids is 3. The first-order chi connectivity index (χ1) is 17.6. The van der Waals surface area contributed by atoms with Gasteiger partial charge in [-0.3, -0.25) is 19.4 Å². The van der Waals surface area contributed by atoms with E-state index in [1.807, 2.05) is 0 Å². The number of anilines is 2. The summed E-state index contributed by atoms with van der Waals surface area (Å²) in [6.07, 6.45) is -2.03. The number of halogens is 3. The lowest BCUT2D eigenvalue weighted by Gasteiger charge is -2.32. The second-order valence-electron chi connectivity index (χ2n) is 8.33. The number of ether oxygens (including phenoxy) is 1. The smallest absolute Gasteiger partial charge is 0.398 e. The Morgan fingerprint density at radius 2 is 1.95 bits per heavy atom. The predicted octanol–water partition coefficient (Wildman–Crippen LogP) is 2.11. The number of carbonyl (C=O) groups is 3. The van der Waals surface area contributed by atoms with Gasteiger partial charge in [0.15, 0.2) is 0 Å². The summed E-state index contributed by atoms with van der Waals surface area (Å²) < 4.78 is 43.4. The van der Waals surface area contributed by atoms with E-state index in [2.05, 4.69) is 20.6 Å². The average Bonchev–Trinajstić information content (AvgIpc) is 2.86. The van der Waals surface area contributed by atoms with Crippen LogP contribution < -0.4 is 16.4 Å². The highest BCUT2D eigenvalue weighted by Crippen LogP contribution is 2.27. The maximum Gasteiger partial charge on any atom is 0.433 e. The number of nitrogen functional groups attached to an aromatic ring is 1. The molecule has 1 aromatic carbocycles. The van der Waals surface area contributed by atoms with E-state index in [0.29, 0.717) is 37.2 Å². The lowest BCUT2D eigenvalue weighted by molar-refractivity contribution is -0.141. The van der Waals surface area contributed by atoms with Gasteiger partial charge in [-0.25, -0.2) is 4.98 Å². The van der Waals surface area contributed by atoms with E-state index in [1.54, 1.807) is 4.90 Å². The van der Waals surface area contributed by atoms with Crippen molar-refractivity contribution in [1.29, 1.82) is 0 Å². The molecule has 0 bridgehead atoms. The van der Waals surface area contributed by atoms with Crippen molar-refractivity contribution < 1.29 is 32.3 Å². The van der Waals surface area contributed by atoms with Gasteiger partial charge in [0.25, 0.3) is 5.91 Å². The Balaban J connectivity index is 1.55. The van der Waals surface area contributed by atoms with Gasteiger partial charge in [-0.15, -0.1) is 0 Å². The number of piperidine rings is 1. The molecule has 10 nitrogen and oxygen atoms in total. The Bertz CT molecular complexity index is 1160. The van der Waals surface area contributed by atoms with Gasteiger partial charge in [0, 0.05) is 49.4 Å². The highest BCUT2D eigenvalue weighted by Gasteiger charge is 2.33. The number of benzene rings is 1. The topological polar surface area (TPSA) is 139 Å². The number of alkyl halides is 3. The predicted molar refractivity (Wildman–Crippen MR) is 130 cm³/mol. The van der Waals surface area contributed by atoms with E-state index in [-0.39, 0.29) is 36.7 Å². The van der Waals surface area contributed by atoms with Crippen LogP contribution in [-0.4, -0.2) is 73.2 Å². The molecule has 0 radical (unpaired) electrons. The van der Waals surface area contributed by atoms with E-state index in [1.165, 1.54) is 37.6 Å². The molecule has 1 aromatic heterocycles. The summed E-state index contributed by atoms with van der Waals surface area (Å²) in [7, 11) is 1.44. The molecule has 0 saturated carbocycles. The average molecular weight is 521 g/mol. The number of amides is 3. The van der Waals surface area contributed by atoms with Crippen LogP contribution in [0.5, 0.6) is 0 Å². The Labute approximate surface area is 211 Å². The van der Waals surface area contributed by atoms with Gasteiger partial charge in [-0.05, 0) is 43.2 Å². The van der Waals surface area contributed by atoms with Crippen LogP contribution >= 0.6 is 0 Å². The maximum atomic E-state index is 12.9. The lowest BCUT2D eigenvalue weighted by Crippen LogP contribution is -2.47. The molecular weight excluding hydrogens is 493 g/mol. The third-order valence-electron chi connectivity index (χ3n) is 5.56.